The molecule has 2 rings (SSSR count). The monoisotopic (exact) mass is 277 g/mol. The molecule has 0 radical (unpaired) electrons. The van der Waals surface area contributed by atoms with Gasteiger partial charge in [-0.15, -0.1) is 0 Å². The van der Waals surface area contributed by atoms with Gasteiger partial charge in [0, 0.05) is 36.8 Å². The Morgan fingerprint density at radius 1 is 1.50 bits per heavy atom. The zero-order valence-electron chi connectivity index (χ0n) is 12.4. The summed E-state index contributed by atoms with van der Waals surface area (Å²) in [5, 5.41) is 14.3. The van der Waals surface area contributed by atoms with Gasteiger partial charge in [0.25, 0.3) is 5.69 Å². The predicted molar refractivity (Wildman–Crippen MR) is 79.8 cm³/mol. The maximum absolute atomic E-state index is 10.9. The minimum absolute atomic E-state index is 0.201. The summed E-state index contributed by atoms with van der Waals surface area (Å²) in [7, 11) is 2.17. The van der Waals surface area contributed by atoms with Crippen molar-refractivity contribution in [2.24, 2.45) is 0 Å². The van der Waals surface area contributed by atoms with E-state index < -0.39 is 0 Å². The molecule has 0 amide bonds. The summed E-state index contributed by atoms with van der Waals surface area (Å²) in [6.07, 6.45) is 2.62. The fourth-order valence-electron chi connectivity index (χ4n) is 2.37. The SMILES string of the molecule is Cc1ccc(CNCC(C)N(C)C2CC2)cc1[N+](=O)[O-]. The minimum atomic E-state index is -0.317. The van der Waals surface area contributed by atoms with E-state index in [0.29, 0.717) is 18.2 Å². The molecule has 0 aromatic heterocycles. The molecule has 0 saturated heterocycles. The van der Waals surface area contributed by atoms with Gasteiger partial charge >= 0.3 is 0 Å². The lowest BCUT2D eigenvalue weighted by atomic mass is 10.1. The van der Waals surface area contributed by atoms with Crippen LogP contribution in [0.15, 0.2) is 18.2 Å². The lowest BCUT2D eigenvalue weighted by Crippen LogP contribution is -2.38. The Bertz CT molecular complexity index is 486. The van der Waals surface area contributed by atoms with Gasteiger partial charge in [0.1, 0.15) is 0 Å². The first-order valence-electron chi connectivity index (χ1n) is 7.15. The Balaban J connectivity index is 1.84. The fourth-order valence-corrected chi connectivity index (χ4v) is 2.37. The number of hydrogen-bond acceptors (Lipinski definition) is 4. The van der Waals surface area contributed by atoms with Gasteiger partial charge in [0.05, 0.1) is 4.92 Å². The number of nitro benzene ring substituents is 1. The summed E-state index contributed by atoms with van der Waals surface area (Å²) in [6, 6.07) is 6.67. The van der Waals surface area contributed by atoms with Gasteiger partial charge in [-0.25, -0.2) is 0 Å². The molecule has 1 N–H and O–H groups in total. The van der Waals surface area contributed by atoms with E-state index in [1.165, 1.54) is 12.8 Å². The molecule has 1 aromatic carbocycles. The average molecular weight is 277 g/mol. The Morgan fingerprint density at radius 3 is 2.80 bits per heavy atom. The van der Waals surface area contributed by atoms with Crippen LogP contribution in [0.25, 0.3) is 0 Å². The van der Waals surface area contributed by atoms with Crippen molar-refractivity contribution in [1.29, 1.82) is 0 Å². The molecule has 1 unspecified atom stereocenters. The van der Waals surface area contributed by atoms with Crippen molar-refractivity contribution < 1.29 is 4.92 Å². The summed E-state index contributed by atoms with van der Waals surface area (Å²) in [4.78, 5) is 13.0. The highest BCUT2D eigenvalue weighted by Gasteiger charge is 2.28. The highest BCUT2D eigenvalue weighted by Crippen LogP contribution is 2.26. The zero-order chi connectivity index (χ0) is 14.7. The van der Waals surface area contributed by atoms with E-state index in [9.17, 15) is 10.1 Å². The van der Waals surface area contributed by atoms with Gasteiger partial charge in [-0.1, -0.05) is 12.1 Å². The van der Waals surface area contributed by atoms with Crippen molar-refractivity contribution in [3.63, 3.8) is 0 Å². The van der Waals surface area contributed by atoms with Crippen molar-refractivity contribution in [1.82, 2.24) is 10.2 Å². The quantitative estimate of drug-likeness (QED) is 0.614. The molecule has 20 heavy (non-hydrogen) atoms. The lowest BCUT2D eigenvalue weighted by molar-refractivity contribution is -0.385. The molecular formula is C15H23N3O2. The van der Waals surface area contributed by atoms with Gasteiger partial charge in [-0.2, -0.15) is 0 Å². The van der Waals surface area contributed by atoms with Gasteiger partial charge in [-0.05, 0) is 39.3 Å². The molecule has 0 aliphatic heterocycles. The van der Waals surface area contributed by atoms with Crippen molar-refractivity contribution >= 4 is 5.69 Å². The number of nitro groups is 1. The van der Waals surface area contributed by atoms with Crippen LogP contribution < -0.4 is 5.32 Å². The van der Waals surface area contributed by atoms with E-state index in [1.54, 1.807) is 13.0 Å². The molecule has 1 fully saturated rings. The number of nitrogens with one attached hydrogen (secondary N) is 1. The Kier molecular flexibility index (Phi) is 4.73. The molecule has 0 heterocycles. The second-order valence-electron chi connectivity index (χ2n) is 5.75. The first-order chi connectivity index (χ1) is 9.49. The van der Waals surface area contributed by atoms with Crippen LogP contribution in [0, 0.1) is 17.0 Å². The number of rotatable bonds is 7. The Hall–Kier alpha value is -1.46. The number of aryl methyl sites for hydroxylation is 1. The Morgan fingerprint density at radius 2 is 2.20 bits per heavy atom. The van der Waals surface area contributed by atoms with Crippen LogP contribution in [0.4, 0.5) is 5.69 Å². The van der Waals surface area contributed by atoms with E-state index in [1.807, 2.05) is 12.1 Å². The lowest BCUT2D eigenvalue weighted by Gasteiger charge is -2.24. The number of likely N-dealkylation sites (N-methyl/N-ethyl adjacent to an activating group) is 1. The van der Waals surface area contributed by atoms with Gasteiger partial charge in [0.15, 0.2) is 0 Å². The molecule has 1 aliphatic rings. The van der Waals surface area contributed by atoms with Gasteiger partial charge in [0.2, 0.25) is 0 Å². The second kappa shape index (κ2) is 6.33. The zero-order valence-corrected chi connectivity index (χ0v) is 12.4. The van der Waals surface area contributed by atoms with Crippen LogP contribution in [0.5, 0.6) is 0 Å². The average Bonchev–Trinajstić information content (AvgIpc) is 3.23. The van der Waals surface area contributed by atoms with Crippen LogP contribution in [0.1, 0.15) is 30.9 Å². The van der Waals surface area contributed by atoms with Crippen molar-refractivity contribution in [3.8, 4) is 0 Å². The van der Waals surface area contributed by atoms with Crippen LogP contribution >= 0.6 is 0 Å². The third kappa shape index (κ3) is 3.77. The van der Waals surface area contributed by atoms with Crippen LogP contribution in [0.3, 0.4) is 0 Å². The molecule has 1 aliphatic carbocycles. The maximum atomic E-state index is 10.9. The summed E-state index contributed by atoms with van der Waals surface area (Å²) in [5.41, 5.74) is 1.87. The summed E-state index contributed by atoms with van der Waals surface area (Å²) >= 11 is 0. The largest absolute Gasteiger partial charge is 0.311 e. The van der Waals surface area contributed by atoms with Crippen LogP contribution in [-0.4, -0.2) is 35.5 Å². The third-order valence-electron chi connectivity index (χ3n) is 4.06. The minimum Gasteiger partial charge on any atom is -0.311 e. The molecule has 1 atom stereocenters. The maximum Gasteiger partial charge on any atom is 0.272 e. The van der Waals surface area contributed by atoms with E-state index in [4.69, 9.17) is 0 Å². The smallest absolute Gasteiger partial charge is 0.272 e. The Labute approximate surface area is 120 Å². The molecule has 0 spiro atoms. The first kappa shape index (κ1) is 14.9. The summed E-state index contributed by atoms with van der Waals surface area (Å²) in [5.74, 6) is 0. The predicted octanol–water partition coefficient (Wildman–Crippen LogP) is 2.48. The van der Waals surface area contributed by atoms with Crippen molar-refractivity contribution in [3.05, 3.63) is 39.4 Å². The summed E-state index contributed by atoms with van der Waals surface area (Å²) in [6.45, 7) is 5.55. The second-order valence-corrected chi connectivity index (χ2v) is 5.75. The van der Waals surface area contributed by atoms with Gasteiger partial charge in [-0.3, -0.25) is 15.0 Å². The van der Waals surface area contributed by atoms with E-state index in [-0.39, 0.29) is 10.6 Å². The third-order valence-corrected chi connectivity index (χ3v) is 4.06. The topological polar surface area (TPSA) is 58.4 Å². The molecule has 110 valence electrons. The number of hydrogen-bond donors (Lipinski definition) is 1. The highest BCUT2D eigenvalue weighted by atomic mass is 16.6. The number of benzene rings is 1. The van der Waals surface area contributed by atoms with Crippen molar-refractivity contribution in [2.45, 2.75) is 45.3 Å². The van der Waals surface area contributed by atoms with E-state index in [0.717, 1.165) is 18.2 Å². The molecule has 5 nitrogen and oxygen atoms in total. The van der Waals surface area contributed by atoms with E-state index >= 15 is 0 Å². The standard InChI is InChI=1S/C15H23N3O2/c1-11-4-5-13(8-15(11)18(19)20)10-16-9-12(2)17(3)14-6-7-14/h4-5,8,12,14,16H,6-7,9-10H2,1-3H3. The highest BCUT2D eigenvalue weighted by molar-refractivity contribution is 5.42. The van der Waals surface area contributed by atoms with Gasteiger partial charge < -0.3 is 5.32 Å². The molecule has 0 bridgehead atoms. The molecule has 1 saturated carbocycles. The van der Waals surface area contributed by atoms with Crippen LogP contribution in [0.2, 0.25) is 0 Å². The van der Waals surface area contributed by atoms with Crippen molar-refractivity contribution in [2.75, 3.05) is 13.6 Å². The summed E-state index contributed by atoms with van der Waals surface area (Å²) < 4.78 is 0. The fraction of sp³-hybridized carbons (Fsp3) is 0.600. The molecular weight excluding hydrogens is 254 g/mol. The van der Waals surface area contributed by atoms with E-state index in [2.05, 4.69) is 24.2 Å². The normalized spacial score (nSPS) is 16.4. The first-order valence-corrected chi connectivity index (χ1v) is 7.15. The van der Waals surface area contributed by atoms with Crippen LogP contribution in [-0.2, 0) is 6.54 Å². The molecule has 5 heteroatoms. The number of nitrogens with zero attached hydrogens (tertiary/aromatic N) is 2. The molecule has 1 aromatic rings.